The summed E-state index contributed by atoms with van der Waals surface area (Å²) in [5.41, 5.74) is 1.67. The molecule has 2 aromatic rings. The molecule has 122 valence electrons. The molecule has 1 N–H and O–H groups in total. The molecule has 0 aromatic heterocycles. The molecule has 0 spiro atoms. The summed E-state index contributed by atoms with van der Waals surface area (Å²) in [5.74, 6) is 0. The van der Waals surface area contributed by atoms with Gasteiger partial charge in [-0.05, 0) is 29.7 Å². The number of carbonyl (C=O) groups excluding carboxylic acids is 1. The highest BCUT2D eigenvalue weighted by molar-refractivity contribution is 7.86. The van der Waals surface area contributed by atoms with Gasteiger partial charge in [0.2, 0.25) is 0 Å². The zero-order valence-electron chi connectivity index (χ0n) is 12.2. The highest BCUT2D eigenvalue weighted by atomic mass is 32.3. The first-order valence-corrected chi connectivity index (χ1v) is 8.31. The van der Waals surface area contributed by atoms with Gasteiger partial charge in [-0.25, -0.2) is 4.79 Å². The molecule has 1 amide bonds. The van der Waals surface area contributed by atoms with Crippen LogP contribution in [0.1, 0.15) is 11.1 Å². The van der Waals surface area contributed by atoms with Crippen LogP contribution in [0.15, 0.2) is 59.5 Å². The first-order valence-electron chi connectivity index (χ1n) is 6.93. The lowest BCUT2D eigenvalue weighted by Gasteiger charge is -2.07. The summed E-state index contributed by atoms with van der Waals surface area (Å²) in [7, 11) is -4.68. The van der Waals surface area contributed by atoms with Crippen LogP contribution in [0.3, 0.4) is 0 Å². The second-order valence-corrected chi connectivity index (χ2v) is 6.17. The Morgan fingerprint density at radius 2 is 1.65 bits per heavy atom. The molecule has 2 aromatic carbocycles. The van der Waals surface area contributed by atoms with E-state index in [-0.39, 0.29) is 11.5 Å². The van der Waals surface area contributed by atoms with Gasteiger partial charge in [0.15, 0.2) is 0 Å². The third-order valence-electron chi connectivity index (χ3n) is 3.10. The molecule has 0 aliphatic heterocycles. The number of rotatable bonds is 6. The largest absolute Gasteiger partial charge is 0.445 e. The Morgan fingerprint density at radius 3 is 2.26 bits per heavy atom. The number of carbonyl (C=O) groups is 1. The Labute approximate surface area is 134 Å². The molecule has 0 fully saturated rings. The van der Waals surface area contributed by atoms with E-state index in [9.17, 15) is 17.1 Å². The fraction of sp³-hybridized carbons (Fsp3) is 0.188. The maximum absolute atomic E-state index is 12.7. The van der Waals surface area contributed by atoms with Gasteiger partial charge in [-0.1, -0.05) is 42.5 Å². The van der Waals surface area contributed by atoms with Gasteiger partial charge >= 0.3 is 16.3 Å². The molecule has 23 heavy (non-hydrogen) atoms. The normalized spacial score (nSPS) is 11.0. The molecule has 0 aliphatic rings. The SMILES string of the molecule is O=C(NCCc1ccc(S(=O)(=O)F)cc1)OCc1ccccc1. The summed E-state index contributed by atoms with van der Waals surface area (Å²) in [6.45, 7) is 0.519. The van der Waals surface area contributed by atoms with Crippen LogP contribution in [0, 0.1) is 0 Å². The Morgan fingerprint density at radius 1 is 1.00 bits per heavy atom. The van der Waals surface area contributed by atoms with Crippen molar-refractivity contribution in [2.75, 3.05) is 6.54 Å². The van der Waals surface area contributed by atoms with Crippen molar-refractivity contribution >= 4 is 16.3 Å². The average Bonchev–Trinajstić information content (AvgIpc) is 2.53. The fourth-order valence-corrected chi connectivity index (χ4v) is 2.36. The van der Waals surface area contributed by atoms with Gasteiger partial charge in [-0.2, -0.15) is 8.42 Å². The molecular formula is C16H16FNO4S. The first-order chi connectivity index (χ1) is 10.9. The van der Waals surface area contributed by atoms with Gasteiger partial charge in [-0.15, -0.1) is 3.89 Å². The number of amides is 1. The van der Waals surface area contributed by atoms with Crippen molar-refractivity contribution in [3.05, 3.63) is 65.7 Å². The monoisotopic (exact) mass is 337 g/mol. The third-order valence-corrected chi connectivity index (χ3v) is 3.94. The van der Waals surface area contributed by atoms with E-state index in [4.69, 9.17) is 4.74 Å². The second-order valence-electron chi connectivity index (χ2n) is 4.82. The van der Waals surface area contributed by atoms with Crippen molar-refractivity contribution < 1.29 is 21.8 Å². The van der Waals surface area contributed by atoms with Crippen LogP contribution < -0.4 is 5.32 Å². The molecular weight excluding hydrogens is 321 g/mol. The number of ether oxygens (including phenoxy) is 1. The smallest absolute Gasteiger partial charge is 0.407 e. The Hall–Kier alpha value is -2.41. The highest BCUT2D eigenvalue weighted by Gasteiger charge is 2.10. The van der Waals surface area contributed by atoms with E-state index >= 15 is 0 Å². The topological polar surface area (TPSA) is 72.5 Å². The lowest BCUT2D eigenvalue weighted by atomic mass is 10.1. The van der Waals surface area contributed by atoms with Gasteiger partial charge in [0.25, 0.3) is 0 Å². The van der Waals surface area contributed by atoms with Crippen LogP contribution in [-0.2, 0) is 28.0 Å². The van der Waals surface area contributed by atoms with E-state index in [0.717, 1.165) is 11.1 Å². The van der Waals surface area contributed by atoms with E-state index < -0.39 is 16.3 Å². The number of halogens is 1. The molecule has 0 aliphatic carbocycles. The van der Waals surface area contributed by atoms with Gasteiger partial charge in [0.1, 0.15) is 6.61 Å². The number of benzene rings is 2. The number of nitrogens with one attached hydrogen (secondary N) is 1. The van der Waals surface area contributed by atoms with Crippen molar-refractivity contribution in [2.45, 2.75) is 17.9 Å². The van der Waals surface area contributed by atoms with Crippen LogP contribution in [0.4, 0.5) is 8.68 Å². The van der Waals surface area contributed by atoms with Gasteiger partial charge in [0, 0.05) is 6.54 Å². The Bertz CT molecular complexity index is 745. The summed E-state index contributed by atoms with van der Waals surface area (Å²) >= 11 is 0. The number of hydrogen-bond donors (Lipinski definition) is 1. The minimum absolute atomic E-state index is 0.190. The molecule has 0 saturated heterocycles. The van der Waals surface area contributed by atoms with E-state index in [2.05, 4.69) is 5.32 Å². The molecule has 7 heteroatoms. The van der Waals surface area contributed by atoms with Crippen LogP contribution in [0.25, 0.3) is 0 Å². The quantitative estimate of drug-likeness (QED) is 0.823. The zero-order chi connectivity index (χ0) is 16.7. The number of alkyl carbamates (subject to hydrolysis) is 1. The summed E-state index contributed by atoms with van der Waals surface area (Å²) in [6, 6.07) is 14.7. The summed E-state index contributed by atoms with van der Waals surface area (Å²) in [4.78, 5) is 11.2. The van der Waals surface area contributed by atoms with Crippen LogP contribution >= 0.6 is 0 Å². The minimum atomic E-state index is -4.68. The predicted octanol–water partition coefficient (Wildman–Crippen LogP) is 2.81. The van der Waals surface area contributed by atoms with Crippen LogP contribution in [-0.4, -0.2) is 21.1 Å². The van der Waals surface area contributed by atoms with Crippen molar-refractivity contribution in [3.63, 3.8) is 0 Å². The van der Waals surface area contributed by atoms with Crippen molar-refractivity contribution in [2.24, 2.45) is 0 Å². The Kier molecular flexibility index (Phi) is 5.70. The Balaban J connectivity index is 1.73. The molecule has 0 unspecified atom stereocenters. The van der Waals surface area contributed by atoms with Gasteiger partial charge in [-0.3, -0.25) is 0 Å². The molecule has 2 rings (SSSR count). The number of hydrogen-bond acceptors (Lipinski definition) is 4. The molecule has 0 bridgehead atoms. The maximum Gasteiger partial charge on any atom is 0.407 e. The van der Waals surface area contributed by atoms with Crippen LogP contribution in [0.2, 0.25) is 0 Å². The lowest BCUT2D eigenvalue weighted by molar-refractivity contribution is 0.140. The molecule has 5 nitrogen and oxygen atoms in total. The van der Waals surface area contributed by atoms with Gasteiger partial charge in [0.05, 0.1) is 4.90 Å². The van der Waals surface area contributed by atoms with Crippen LogP contribution in [0.5, 0.6) is 0 Å². The average molecular weight is 337 g/mol. The summed E-state index contributed by atoms with van der Waals surface area (Å²) in [5, 5.41) is 2.59. The van der Waals surface area contributed by atoms with E-state index in [1.807, 2.05) is 30.3 Å². The summed E-state index contributed by atoms with van der Waals surface area (Å²) in [6.07, 6.45) is -0.0515. The van der Waals surface area contributed by atoms with Gasteiger partial charge < -0.3 is 10.1 Å². The second kappa shape index (κ2) is 7.73. The fourth-order valence-electron chi connectivity index (χ4n) is 1.90. The molecule has 0 radical (unpaired) electrons. The van der Waals surface area contributed by atoms with Crippen molar-refractivity contribution in [1.82, 2.24) is 5.32 Å². The van der Waals surface area contributed by atoms with E-state index in [1.165, 1.54) is 24.3 Å². The van der Waals surface area contributed by atoms with Crippen molar-refractivity contribution in [1.29, 1.82) is 0 Å². The highest BCUT2D eigenvalue weighted by Crippen LogP contribution is 2.13. The lowest BCUT2D eigenvalue weighted by Crippen LogP contribution is -2.26. The minimum Gasteiger partial charge on any atom is -0.445 e. The molecule has 0 atom stereocenters. The molecule has 0 heterocycles. The van der Waals surface area contributed by atoms with Crippen molar-refractivity contribution in [3.8, 4) is 0 Å². The molecule has 0 saturated carbocycles. The summed E-state index contributed by atoms with van der Waals surface area (Å²) < 4.78 is 39.2. The maximum atomic E-state index is 12.7. The first kappa shape index (κ1) is 17.0. The third kappa shape index (κ3) is 5.71. The standard InChI is InChI=1S/C16H16FNO4S/c17-23(20,21)15-8-6-13(7-9-15)10-11-18-16(19)22-12-14-4-2-1-3-5-14/h1-9H,10-12H2,(H,18,19). The predicted molar refractivity (Wildman–Crippen MR) is 83.1 cm³/mol. The van der Waals surface area contributed by atoms with E-state index in [0.29, 0.717) is 13.0 Å². The zero-order valence-corrected chi connectivity index (χ0v) is 13.1. The van der Waals surface area contributed by atoms with E-state index in [1.54, 1.807) is 0 Å².